The number of halogens is 1. The molecule has 0 unspecified atom stereocenters. The van der Waals surface area contributed by atoms with Crippen molar-refractivity contribution in [2.75, 3.05) is 5.32 Å². The largest absolute Gasteiger partial charge is 0.444 e. The molecule has 18 heavy (non-hydrogen) atoms. The van der Waals surface area contributed by atoms with Gasteiger partial charge in [0.05, 0.1) is 11.9 Å². The van der Waals surface area contributed by atoms with Crippen molar-refractivity contribution in [3.63, 3.8) is 0 Å². The Hall–Kier alpha value is -1.75. The lowest BCUT2D eigenvalue weighted by molar-refractivity contribution is 0.0636. The summed E-state index contributed by atoms with van der Waals surface area (Å²) in [6.07, 6.45) is 2.74. The highest BCUT2D eigenvalue weighted by Crippen LogP contribution is 2.17. The molecule has 1 N–H and O–H groups in total. The smallest absolute Gasteiger partial charge is 0.412 e. The van der Waals surface area contributed by atoms with Gasteiger partial charge in [-0.15, -0.1) is 0 Å². The fourth-order valence-corrected chi connectivity index (χ4v) is 1.63. The maximum absolute atomic E-state index is 11.6. The van der Waals surface area contributed by atoms with Crippen molar-refractivity contribution in [3.05, 3.63) is 29.7 Å². The molecule has 0 aliphatic carbocycles. The second-order valence-corrected chi connectivity index (χ2v) is 5.24. The molecular formula is C12H14ClN3O2. The zero-order valence-electron chi connectivity index (χ0n) is 10.4. The van der Waals surface area contributed by atoms with Gasteiger partial charge >= 0.3 is 6.09 Å². The summed E-state index contributed by atoms with van der Waals surface area (Å²) in [5, 5.41) is 3.12. The minimum atomic E-state index is -0.527. The predicted octanol–water partition coefficient (Wildman–Crippen LogP) is 3.33. The van der Waals surface area contributed by atoms with Crippen LogP contribution in [0.3, 0.4) is 0 Å². The Morgan fingerprint density at radius 1 is 1.44 bits per heavy atom. The molecule has 1 amide bonds. The SMILES string of the molecule is CC(C)(C)OC(=O)Nc1ccc2ncc(Cl)n2c1. The minimum absolute atomic E-state index is 0.484. The van der Waals surface area contributed by atoms with Gasteiger partial charge in [-0.3, -0.25) is 9.72 Å². The van der Waals surface area contributed by atoms with Crippen LogP contribution in [-0.4, -0.2) is 21.1 Å². The van der Waals surface area contributed by atoms with Crippen LogP contribution >= 0.6 is 11.6 Å². The van der Waals surface area contributed by atoms with Gasteiger partial charge in [0.25, 0.3) is 0 Å². The van der Waals surface area contributed by atoms with Crippen LogP contribution in [-0.2, 0) is 4.74 Å². The Kier molecular flexibility index (Phi) is 3.17. The van der Waals surface area contributed by atoms with E-state index in [-0.39, 0.29) is 0 Å². The number of amides is 1. The molecule has 0 radical (unpaired) electrons. The average molecular weight is 268 g/mol. The zero-order chi connectivity index (χ0) is 13.3. The third-order valence-electron chi connectivity index (χ3n) is 2.11. The second kappa shape index (κ2) is 4.49. The fourth-order valence-electron chi connectivity index (χ4n) is 1.45. The van der Waals surface area contributed by atoms with Crippen LogP contribution in [0.4, 0.5) is 10.5 Å². The van der Waals surface area contributed by atoms with Crippen molar-refractivity contribution >= 4 is 29.0 Å². The molecule has 5 nitrogen and oxygen atoms in total. The van der Waals surface area contributed by atoms with Gasteiger partial charge in [-0.25, -0.2) is 9.78 Å². The van der Waals surface area contributed by atoms with E-state index in [2.05, 4.69) is 10.3 Å². The molecule has 0 spiro atoms. The third kappa shape index (κ3) is 2.92. The number of carbonyl (C=O) groups is 1. The van der Waals surface area contributed by atoms with E-state index in [4.69, 9.17) is 16.3 Å². The predicted molar refractivity (Wildman–Crippen MR) is 70.1 cm³/mol. The van der Waals surface area contributed by atoms with Crippen LogP contribution in [0.1, 0.15) is 20.8 Å². The number of anilines is 1. The van der Waals surface area contributed by atoms with Crippen molar-refractivity contribution in [3.8, 4) is 0 Å². The van der Waals surface area contributed by atoms with Gasteiger partial charge in [0.15, 0.2) is 0 Å². The van der Waals surface area contributed by atoms with E-state index >= 15 is 0 Å². The standard InChI is InChI=1S/C12H14ClN3O2/c1-12(2,3)18-11(17)15-8-4-5-10-14-6-9(13)16(10)7-8/h4-7H,1-3H3,(H,15,17). The number of aromatic nitrogens is 2. The van der Waals surface area contributed by atoms with Crippen LogP contribution in [0.5, 0.6) is 0 Å². The van der Waals surface area contributed by atoms with Crippen LogP contribution in [0, 0.1) is 0 Å². The normalized spacial score (nSPS) is 11.6. The van der Waals surface area contributed by atoms with Gasteiger partial charge in [-0.1, -0.05) is 11.6 Å². The van der Waals surface area contributed by atoms with E-state index in [1.807, 2.05) is 20.8 Å². The van der Waals surface area contributed by atoms with Gasteiger partial charge in [-0.2, -0.15) is 0 Å². The molecule has 0 atom stereocenters. The second-order valence-electron chi connectivity index (χ2n) is 4.85. The summed E-state index contributed by atoms with van der Waals surface area (Å²) in [4.78, 5) is 15.7. The van der Waals surface area contributed by atoms with E-state index in [9.17, 15) is 4.79 Å². The van der Waals surface area contributed by atoms with E-state index in [0.29, 0.717) is 10.8 Å². The molecule has 0 aliphatic rings. The Labute approximate surface area is 110 Å². The number of nitrogens with zero attached hydrogens (tertiary/aromatic N) is 2. The average Bonchev–Trinajstić information content (AvgIpc) is 2.57. The van der Waals surface area contributed by atoms with E-state index < -0.39 is 11.7 Å². The molecule has 6 heteroatoms. The summed E-state index contributed by atoms with van der Waals surface area (Å²) in [6, 6.07) is 3.50. The molecule has 0 saturated heterocycles. The number of carbonyl (C=O) groups excluding carboxylic acids is 1. The van der Waals surface area contributed by atoms with Gasteiger partial charge in [0.2, 0.25) is 0 Å². The Balaban J connectivity index is 2.17. The summed E-state index contributed by atoms with van der Waals surface area (Å²) in [5.74, 6) is 0. The number of rotatable bonds is 1. The van der Waals surface area contributed by atoms with Gasteiger partial charge in [-0.05, 0) is 32.9 Å². The van der Waals surface area contributed by atoms with Crippen LogP contribution in [0.2, 0.25) is 5.15 Å². The molecule has 0 aliphatic heterocycles. The van der Waals surface area contributed by atoms with Gasteiger partial charge in [0, 0.05) is 6.20 Å². The highest BCUT2D eigenvalue weighted by atomic mass is 35.5. The van der Waals surface area contributed by atoms with E-state index in [1.165, 1.54) is 0 Å². The number of fused-ring (bicyclic) bond motifs is 1. The lowest BCUT2D eigenvalue weighted by atomic mass is 10.2. The highest BCUT2D eigenvalue weighted by Gasteiger charge is 2.16. The lowest BCUT2D eigenvalue weighted by Crippen LogP contribution is -2.27. The summed E-state index contributed by atoms with van der Waals surface area (Å²) in [7, 11) is 0. The van der Waals surface area contributed by atoms with E-state index in [0.717, 1.165) is 5.65 Å². The number of imidazole rings is 1. The molecule has 96 valence electrons. The minimum Gasteiger partial charge on any atom is -0.444 e. The van der Waals surface area contributed by atoms with Gasteiger partial charge < -0.3 is 4.74 Å². The quantitative estimate of drug-likeness (QED) is 0.862. The monoisotopic (exact) mass is 267 g/mol. The first-order valence-electron chi connectivity index (χ1n) is 5.48. The fraction of sp³-hybridized carbons (Fsp3) is 0.333. The Bertz CT molecular complexity index is 587. The first-order valence-corrected chi connectivity index (χ1v) is 5.85. The van der Waals surface area contributed by atoms with Gasteiger partial charge in [0.1, 0.15) is 16.4 Å². The number of ether oxygens (including phenoxy) is 1. The topological polar surface area (TPSA) is 55.6 Å². The molecule has 2 aromatic rings. The number of nitrogens with one attached hydrogen (secondary N) is 1. The summed E-state index contributed by atoms with van der Waals surface area (Å²) in [5.41, 5.74) is 0.785. The first-order chi connectivity index (χ1) is 8.35. The number of hydrogen-bond donors (Lipinski definition) is 1. The van der Waals surface area contributed by atoms with Crippen molar-refractivity contribution in [1.29, 1.82) is 0 Å². The highest BCUT2D eigenvalue weighted by molar-refractivity contribution is 6.29. The van der Waals surface area contributed by atoms with Crippen molar-refractivity contribution in [2.45, 2.75) is 26.4 Å². The van der Waals surface area contributed by atoms with Crippen molar-refractivity contribution < 1.29 is 9.53 Å². The molecule has 2 aromatic heterocycles. The van der Waals surface area contributed by atoms with E-state index in [1.54, 1.807) is 28.9 Å². The van der Waals surface area contributed by atoms with Crippen LogP contribution in [0.25, 0.3) is 5.65 Å². The van der Waals surface area contributed by atoms with Crippen LogP contribution < -0.4 is 5.32 Å². The lowest BCUT2D eigenvalue weighted by Gasteiger charge is -2.19. The summed E-state index contributed by atoms with van der Waals surface area (Å²) in [6.45, 7) is 5.42. The summed E-state index contributed by atoms with van der Waals surface area (Å²) >= 11 is 5.94. The maximum atomic E-state index is 11.6. The molecule has 2 rings (SSSR count). The first kappa shape index (κ1) is 12.7. The number of pyridine rings is 1. The number of hydrogen-bond acceptors (Lipinski definition) is 3. The molecule has 0 saturated carbocycles. The Morgan fingerprint density at radius 3 is 2.83 bits per heavy atom. The van der Waals surface area contributed by atoms with Crippen LogP contribution in [0.15, 0.2) is 24.5 Å². The molecule has 0 bridgehead atoms. The molecule has 2 heterocycles. The molecule has 0 fully saturated rings. The van der Waals surface area contributed by atoms with Crippen molar-refractivity contribution in [2.24, 2.45) is 0 Å². The zero-order valence-corrected chi connectivity index (χ0v) is 11.2. The molecular weight excluding hydrogens is 254 g/mol. The van der Waals surface area contributed by atoms with Crippen molar-refractivity contribution in [1.82, 2.24) is 9.38 Å². The summed E-state index contributed by atoms with van der Waals surface area (Å²) < 4.78 is 6.83. The molecule has 0 aromatic carbocycles. The third-order valence-corrected chi connectivity index (χ3v) is 2.39. The Morgan fingerprint density at radius 2 is 2.17 bits per heavy atom. The maximum Gasteiger partial charge on any atom is 0.412 e.